The van der Waals surface area contributed by atoms with E-state index in [1.54, 1.807) is 19.2 Å². The lowest BCUT2D eigenvalue weighted by Gasteiger charge is -2.20. The monoisotopic (exact) mass is 399 g/mol. The molecule has 29 heavy (non-hydrogen) atoms. The predicted molar refractivity (Wildman–Crippen MR) is 119 cm³/mol. The van der Waals surface area contributed by atoms with Gasteiger partial charge in [0.25, 0.3) is 10.0 Å². The van der Waals surface area contributed by atoms with Crippen LogP contribution in [0, 0.1) is 0 Å². The molecular weight excluding hydrogens is 378 g/mol. The Morgan fingerprint density at radius 2 is 0.897 bits per heavy atom. The summed E-state index contributed by atoms with van der Waals surface area (Å²) in [6, 6.07) is 34.4. The Labute approximate surface area is 171 Å². The Bertz CT molecular complexity index is 1190. The van der Waals surface area contributed by atoms with Crippen LogP contribution in [0.3, 0.4) is 0 Å². The third-order valence-electron chi connectivity index (χ3n) is 4.96. The van der Waals surface area contributed by atoms with Gasteiger partial charge in [-0.05, 0) is 46.5 Å². The van der Waals surface area contributed by atoms with E-state index in [2.05, 4.69) is 0 Å². The Balaban J connectivity index is 1.58. The van der Waals surface area contributed by atoms with Gasteiger partial charge >= 0.3 is 0 Å². The SMILES string of the molecule is CN(c1ccc(-c2ccccc2)cc1)S(=O)(=O)c1ccc(-c2ccccc2)cc1. The molecule has 0 saturated carbocycles. The van der Waals surface area contributed by atoms with Crippen LogP contribution >= 0.6 is 0 Å². The van der Waals surface area contributed by atoms with E-state index < -0.39 is 10.0 Å². The highest BCUT2D eigenvalue weighted by molar-refractivity contribution is 7.92. The quantitative estimate of drug-likeness (QED) is 0.422. The van der Waals surface area contributed by atoms with Gasteiger partial charge in [0.1, 0.15) is 0 Å². The van der Waals surface area contributed by atoms with Crippen LogP contribution in [0.4, 0.5) is 5.69 Å². The molecule has 0 N–H and O–H groups in total. The van der Waals surface area contributed by atoms with Gasteiger partial charge in [-0.15, -0.1) is 0 Å². The molecule has 4 aromatic carbocycles. The maximum atomic E-state index is 13.1. The summed E-state index contributed by atoms with van der Waals surface area (Å²) >= 11 is 0. The summed E-state index contributed by atoms with van der Waals surface area (Å²) in [7, 11) is -2.05. The first-order chi connectivity index (χ1) is 14.1. The molecule has 0 bridgehead atoms. The van der Waals surface area contributed by atoms with E-state index in [0.29, 0.717) is 5.69 Å². The van der Waals surface area contributed by atoms with Crippen molar-refractivity contribution in [2.45, 2.75) is 4.90 Å². The van der Waals surface area contributed by atoms with Crippen molar-refractivity contribution in [3.63, 3.8) is 0 Å². The standard InChI is InChI=1S/C25H21NO2S/c1-26(24-16-12-22(13-17-24)20-8-4-2-5-9-20)29(27,28)25-18-14-23(15-19-25)21-10-6-3-7-11-21/h2-19H,1H3. The van der Waals surface area contributed by atoms with Crippen LogP contribution in [0.25, 0.3) is 22.3 Å². The van der Waals surface area contributed by atoms with Crippen molar-refractivity contribution in [3.8, 4) is 22.3 Å². The number of sulfonamides is 1. The zero-order valence-electron chi connectivity index (χ0n) is 16.1. The molecular formula is C25H21NO2S. The molecule has 0 atom stereocenters. The second-order valence-corrected chi connectivity index (χ2v) is 8.75. The molecule has 0 fully saturated rings. The molecule has 144 valence electrons. The summed E-state index contributed by atoms with van der Waals surface area (Å²) in [5, 5.41) is 0. The topological polar surface area (TPSA) is 37.4 Å². The van der Waals surface area contributed by atoms with Crippen molar-refractivity contribution in [3.05, 3.63) is 109 Å². The number of nitrogens with zero attached hydrogens (tertiary/aromatic N) is 1. The van der Waals surface area contributed by atoms with Gasteiger partial charge in [0.05, 0.1) is 10.6 Å². The van der Waals surface area contributed by atoms with E-state index in [4.69, 9.17) is 0 Å². The van der Waals surface area contributed by atoms with Crippen LogP contribution in [-0.2, 0) is 10.0 Å². The van der Waals surface area contributed by atoms with Gasteiger partial charge in [-0.3, -0.25) is 4.31 Å². The van der Waals surface area contributed by atoms with Crippen LogP contribution < -0.4 is 4.31 Å². The first-order valence-electron chi connectivity index (χ1n) is 9.35. The fourth-order valence-electron chi connectivity index (χ4n) is 3.24. The molecule has 0 saturated heterocycles. The van der Waals surface area contributed by atoms with Gasteiger partial charge in [0.2, 0.25) is 0 Å². The third-order valence-corrected chi connectivity index (χ3v) is 6.76. The highest BCUT2D eigenvalue weighted by atomic mass is 32.2. The van der Waals surface area contributed by atoms with E-state index in [-0.39, 0.29) is 4.90 Å². The molecule has 0 aliphatic rings. The Hall–Kier alpha value is -3.37. The van der Waals surface area contributed by atoms with Gasteiger partial charge in [0.15, 0.2) is 0 Å². The first-order valence-corrected chi connectivity index (χ1v) is 10.8. The molecule has 0 spiro atoms. The minimum atomic E-state index is -3.64. The maximum Gasteiger partial charge on any atom is 0.264 e. The number of anilines is 1. The fraction of sp³-hybridized carbons (Fsp3) is 0.0400. The molecule has 3 nitrogen and oxygen atoms in total. The lowest BCUT2D eigenvalue weighted by atomic mass is 10.1. The average Bonchev–Trinajstić information content (AvgIpc) is 2.80. The molecule has 0 aliphatic heterocycles. The van der Waals surface area contributed by atoms with E-state index >= 15 is 0 Å². The molecule has 0 aromatic heterocycles. The highest BCUT2D eigenvalue weighted by Gasteiger charge is 2.21. The van der Waals surface area contributed by atoms with Gasteiger partial charge in [-0.2, -0.15) is 0 Å². The maximum absolute atomic E-state index is 13.1. The van der Waals surface area contributed by atoms with Crippen LogP contribution in [-0.4, -0.2) is 15.5 Å². The second kappa shape index (κ2) is 7.94. The minimum Gasteiger partial charge on any atom is -0.269 e. The normalized spacial score (nSPS) is 11.2. The Morgan fingerprint density at radius 3 is 1.34 bits per heavy atom. The third kappa shape index (κ3) is 3.93. The lowest BCUT2D eigenvalue weighted by Crippen LogP contribution is -2.26. The van der Waals surface area contributed by atoms with E-state index in [1.165, 1.54) is 4.31 Å². The van der Waals surface area contributed by atoms with Gasteiger partial charge in [0, 0.05) is 7.05 Å². The minimum absolute atomic E-state index is 0.270. The summed E-state index contributed by atoms with van der Waals surface area (Å²) in [6.07, 6.45) is 0. The van der Waals surface area contributed by atoms with E-state index in [9.17, 15) is 8.42 Å². The Morgan fingerprint density at radius 1 is 0.517 bits per heavy atom. The van der Waals surface area contributed by atoms with Crippen LogP contribution in [0.5, 0.6) is 0 Å². The van der Waals surface area contributed by atoms with Gasteiger partial charge in [-0.25, -0.2) is 8.42 Å². The smallest absolute Gasteiger partial charge is 0.264 e. The molecule has 0 aliphatic carbocycles. The first kappa shape index (κ1) is 19.0. The van der Waals surface area contributed by atoms with E-state index in [1.807, 2.05) is 97.1 Å². The van der Waals surface area contributed by atoms with Crippen molar-refractivity contribution in [2.24, 2.45) is 0 Å². The van der Waals surface area contributed by atoms with Crippen molar-refractivity contribution in [1.82, 2.24) is 0 Å². The van der Waals surface area contributed by atoms with Crippen molar-refractivity contribution >= 4 is 15.7 Å². The summed E-state index contributed by atoms with van der Waals surface area (Å²) in [5.74, 6) is 0. The number of benzene rings is 4. The Kier molecular flexibility index (Phi) is 5.19. The van der Waals surface area contributed by atoms with E-state index in [0.717, 1.165) is 22.3 Å². The largest absolute Gasteiger partial charge is 0.269 e. The van der Waals surface area contributed by atoms with Crippen LogP contribution in [0.1, 0.15) is 0 Å². The van der Waals surface area contributed by atoms with Gasteiger partial charge < -0.3 is 0 Å². The molecule has 4 rings (SSSR count). The molecule has 4 heteroatoms. The zero-order valence-corrected chi connectivity index (χ0v) is 16.9. The van der Waals surface area contributed by atoms with Crippen LogP contribution in [0.2, 0.25) is 0 Å². The highest BCUT2D eigenvalue weighted by Crippen LogP contribution is 2.27. The average molecular weight is 400 g/mol. The molecule has 0 amide bonds. The fourth-order valence-corrected chi connectivity index (χ4v) is 4.44. The van der Waals surface area contributed by atoms with Crippen molar-refractivity contribution < 1.29 is 8.42 Å². The number of hydrogen-bond acceptors (Lipinski definition) is 2. The molecule has 0 radical (unpaired) electrons. The predicted octanol–water partition coefficient (Wildman–Crippen LogP) is 5.85. The molecule has 0 unspecified atom stereocenters. The number of hydrogen-bond donors (Lipinski definition) is 0. The van der Waals surface area contributed by atoms with Crippen molar-refractivity contribution in [2.75, 3.05) is 11.4 Å². The summed E-state index contributed by atoms with van der Waals surface area (Å²) in [4.78, 5) is 0.270. The molecule has 0 heterocycles. The summed E-state index contributed by atoms with van der Waals surface area (Å²) in [6.45, 7) is 0. The van der Waals surface area contributed by atoms with Crippen LogP contribution in [0.15, 0.2) is 114 Å². The number of rotatable bonds is 5. The van der Waals surface area contributed by atoms with Gasteiger partial charge in [-0.1, -0.05) is 84.9 Å². The van der Waals surface area contributed by atoms with Crippen molar-refractivity contribution in [1.29, 1.82) is 0 Å². The lowest BCUT2D eigenvalue weighted by molar-refractivity contribution is 0.594. The summed E-state index contributed by atoms with van der Waals surface area (Å²) < 4.78 is 27.4. The summed E-state index contributed by atoms with van der Waals surface area (Å²) in [5.41, 5.74) is 4.81. The zero-order chi connectivity index (χ0) is 20.3. The second-order valence-electron chi connectivity index (χ2n) is 6.78. The molecule has 4 aromatic rings.